The van der Waals surface area contributed by atoms with E-state index in [-0.39, 0.29) is 5.82 Å². The lowest BCUT2D eigenvalue weighted by Gasteiger charge is -2.08. The number of tetrazole rings is 1. The Morgan fingerprint density at radius 3 is 2.84 bits per heavy atom. The van der Waals surface area contributed by atoms with Crippen molar-refractivity contribution in [1.29, 1.82) is 0 Å². The molecule has 2 aromatic heterocycles. The Balaban J connectivity index is 2.04. The van der Waals surface area contributed by atoms with E-state index in [1.54, 1.807) is 25.1 Å². The van der Waals surface area contributed by atoms with Gasteiger partial charge < -0.3 is 5.32 Å². The first-order valence-corrected chi connectivity index (χ1v) is 5.72. The number of halogens is 1. The van der Waals surface area contributed by atoms with E-state index in [4.69, 9.17) is 0 Å². The number of aryl methyl sites for hydroxylation is 2. The van der Waals surface area contributed by atoms with Crippen molar-refractivity contribution in [3.05, 3.63) is 41.3 Å². The van der Waals surface area contributed by atoms with Gasteiger partial charge in [0.15, 0.2) is 0 Å². The molecule has 0 unspecified atom stereocenters. The molecule has 0 aliphatic carbocycles. The van der Waals surface area contributed by atoms with Crippen LogP contribution in [-0.4, -0.2) is 25.0 Å². The van der Waals surface area contributed by atoms with Crippen LogP contribution in [0.1, 0.15) is 11.3 Å². The van der Waals surface area contributed by atoms with Crippen LogP contribution in [0, 0.1) is 19.7 Å². The molecule has 7 heteroatoms. The summed E-state index contributed by atoms with van der Waals surface area (Å²) in [4.78, 5) is 4.18. The molecule has 3 rings (SSSR count). The Morgan fingerprint density at radius 2 is 2.05 bits per heavy atom. The van der Waals surface area contributed by atoms with Gasteiger partial charge in [-0.2, -0.15) is 4.52 Å². The summed E-state index contributed by atoms with van der Waals surface area (Å²) in [5, 5.41) is 14.3. The van der Waals surface area contributed by atoms with E-state index in [1.165, 1.54) is 10.6 Å². The minimum absolute atomic E-state index is 0.260. The van der Waals surface area contributed by atoms with Crippen LogP contribution in [0.25, 0.3) is 5.78 Å². The number of anilines is 2. The van der Waals surface area contributed by atoms with Gasteiger partial charge in [-0.3, -0.25) is 0 Å². The third-order valence-corrected chi connectivity index (χ3v) is 2.75. The molecule has 0 fully saturated rings. The first kappa shape index (κ1) is 11.5. The van der Waals surface area contributed by atoms with Gasteiger partial charge in [0, 0.05) is 17.4 Å². The molecule has 0 saturated heterocycles. The number of nitrogens with one attached hydrogen (secondary N) is 1. The van der Waals surface area contributed by atoms with E-state index < -0.39 is 0 Å². The summed E-state index contributed by atoms with van der Waals surface area (Å²) in [6.45, 7) is 3.56. The van der Waals surface area contributed by atoms with Gasteiger partial charge in [-0.25, -0.2) is 9.37 Å². The van der Waals surface area contributed by atoms with Crippen LogP contribution in [0.2, 0.25) is 0 Å². The first-order valence-electron chi connectivity index (χ1n) is 5.72. The fourth-order valence-electron chi connectivity index (χ4n) is 1.76. The number of aromatic nitrogens is 5. The zero-order valence-corrected chi connectivity index (χ0v) is 10.4. The monoisotopic (exact) mass is 258 g/mol. The third kappa shape index (κ3) is 2.10. The maximum atomic E-state index is 13.5. The Kier molecular flexibility index (Phi) is 2.59. The maximum absolute atomic E-state index is 13.5. The average Bonchev–Trinajstić information content (AvgIpc) is 2.82. The van der Waals surface area contributed by atoms with Crippen molar-refractivity contribution in [2.75, 3.05) is 5.32 Å². The van der Waals surface area contributed by atoms with Crippen LogP contribution in [0.3, 0.4) is 0 Å². The van der Waals surface area contributed by atoms with Crippen molar-refractivity contribution < 1.29 is 4.39 Å². The highest BCUT2D eigenvalue weighted by Gasteiger charge is 2.07. The van der Waals surface area contributed by atoms with Crippen molar-refractivity contribution in [2.45, 2.75) is 13.8 Å². The maximum Gasteiger partial charge on any atom is 0.275 e. The summed E-state index contributed by atoms with van der Waals surface area (Å²) in [7, 11) is 0. The second kappa shape index (κ2) is 4.27. The predicted molar refractivity (Wildman–Crippen MR) is 67.7 cm³/mol. The molecule has 0 spiro atoms. The summed E-state index contributed by atoms with van der Waals surface area (Å²) in [5.74, 6) is 0.773. The second-order valence-electron chi connectivity index (χ2n) is 4.26. The molecule has 0 amide bonds. The normalized spacial score (nSPS) is 10.9. The van der Waals surface area contributed by atoms with Crippen LogP contribution in [0.15, 0.2) is 24.3 Å². The van der Waals surface area contributed by atoms with Crippen LogP contribution < -0.4 is 5.32 Å². The number of benzene rings is 1. The number of hydrogen-bond donors (Lipinski definition) is 1. The average molecular weight is 258 g/mol. The second-order valence-corrected chi connectivity index (χ2v) is 4.26. The van der Waals surface area contributed by atoms with Gasteiger partial charge in [0.05, 0.1) is 0 Å². The van der Waals surface area contributed by atoms with E-state index in [0.29, 0.717) is 22.8 Å². The standard InChI is InChI=1S/C12H11FN6/c1-7-3-4-9(6-10(7)13)15-11-5-8(2)14-12-16-17-18-19(11)12/h3-6,15H,1-2H3. The molecule has 0 radical (unpaired) electrons. The first-order chi connectivity index (χ1) is 9.13. The third-order valence-electron chi connectivity index (χ3n) is 2.75. The van der Waals surface area contributed by atoms with E-state index in [1.807, 2.05) is 6.92 Å². The van der Waals surface area contributed by atoms with Crippen molar-refractivity contribution in [2.24, 2.45) is 0 Å². The van der Waals surface area contributed by atoms with Crippen LogP contribution in [0.5, 0.6) is 0 Å². The summed E-state index contributed by atoms with van der Waals surface area (Å²) in [5.41, 5.74) is 2.01. The molecule has 0 bridgehead atoms. The molecule has 19 heavy (non-hydrogen) atoms. The molecular weight excluding hydrogens is 247 g/mol. The highest BCUT2D eigenvalue weighted by molar-refractivity contribution is 5.58. The van der Waals surface area contributed by atoms with Gasteiger partial charge in [-0.1, -0.05) is 11.2 Å². The predicted octanol–water partition coefficient (Wildman–Crippen LogP) is 2.02. The van der Waals surface area contributed by atoms with Crippen molar-refractivity contribution in [3.8, 4) is 0 Å². The molecule has 1 aromatic carbocycles. The SMILES string of the molecule is Cc1cc(Nc2ccc(C)c(F)c2)n2nnnc2n1. The summed E-state index contributed by atoms with van der Waals surface area (Å²) in [6, 6.07) is 6.73. The molecule has 0 atom stereocenters. The Labute approximate surface area is 108 Å². The molecule has 0 aliphatic rings. The Bertz CT molecular complexity index is 751. The summed E-state index contributed by atoms with van der Waals surface area (Å²) in [6.07, 6.45) is 0. The highest BCUT2D eigenvalue weighted by Crippen LogP contribution is 2.19. The zero-order chi connectivity index (χ0) is 13.4. The fraction of sp³-hybridized carbons (Fsp3) is 0.167. The Morgan fingerprint density at radius 1 is 1.21 bits per heavy atom. The molecule has 3 aromatic rings. The molecule has 0 saturated carbocycles. The quantitative estimate of drug-likeness (QED) is 0.761. The van der Waals surface area contributed by atoms with Gasteiger partial charge in [-0.15, -0.1) is 0 Å². The minimum Gasteiger partial charge on any atom is -0.340 e. The van der Waals surface area contributed by atoms with Crippen LogP contribution in [-0.2, 0) is 0 Å². The molecule has 0 aliphatic heterocycles. The largest absolute Gasteiger partial charge is 0.340 e. The lowest BCUT2D eigenvalue weighted by Crippen LogP contribution is -2.03. The van der Waals surface area contributed by atoms with E-state index in [2.05, 4.69) is 25.8 Å². The summed E-state index contributed by atoms with van der Waals surface area (Å²) < 4.78 is 15.0. The van der Waals surface area contributed by atoms with Crippen molar-refractivity contribution in [1.82, 2.24) is 25.0 Å². The van der Waals surface area contributed by atoms with Gasteiger partial charge in [0.2, 0.25) is 0 Å². The molecular formula is C12H11FN6. The minimum atomic E-state index is -0.260. The van der Waals surface area contributed by atoms with Crippen molar-refractivity contribution >= 4 is 17.3 Å². The molecule has 96 valence electrons. The van der Waals surface area contributed by atoms with Gasteiger partial charge >= 0.3 is 0 Å². The van der Waals surface area contributed by atoms with Crippen LogP contribution >= 0.6 is 0 Å². The molecule has 2 heterocycles. The number of nitrogens with zero attached hydrogens (tertiary/aromatic N) is 5. The van der Waals surface area contributed by atoms with Gasteiger partial charge in [0.25, 0.3) is 5.78 Å². The smallest absolute Gasteiger partial charge is 0.275 e. The number of fused-ring (bicyclic) bond motifs is 1. The molecule has 1 N–H and O–H groups in total. The van der Waals surface area contributed by atoms with E-state index in [9.17, 15) is 4.39 Å². The Hall–Kier alpha value is -2.57. The number of rotatable bonds is 2. The summed E-state index contributed by atoms with van der Waals surface area (Å²) >= 11 is 0. The van der Waals surface area contributed by atoms with Gasteiger partial charge in [0.1, 0.15) is 11.6 Å². The lowest BCUT2D eigenvalue weighted by atomic mass is 10.2. The highest BCUT2D eigenvalue weighted by atomic mass is 19.1. The van der Waals surface area contributed by atoms with Gasteiger partial charge in [-0.05, 0) is 42.0 Å². The topological polar surface area (TPSA) is 68.0 Å². The zero-order valence-electron chi connectivity index (χ0n) is 10.4. The van der Waals surface area contributed by atoms with Crippen molar-refractivity contribution in [3.63, 3.8) is 0 Å². The lowest BCUT2D eigenvalue weighted by molar-refractivity contribution is 0.619. The van der Waals surface area contributed by atoms with E-state index in [0.717, 1.165) is 5.69 Å². The van der Waals surface area contributed by atoms with Crippen LogP contribution in [0.4, 0.5) is 15.9 Å². The fourth-order valence-corrected chi connectivity index (χ4v) is 1.76. The van der Waals surface area contributed by atoms with E-state index >= 15 is 0 Å². The molecule has 6 nitrogen and oxygen atoms in total. The number of hydrogen-bond acceptors (Lipinski definition) is 5.